The molecule has 2 unspecified atom stereocenters. The van der Waals surface area contributed by atoms with Gasteiger partial charge in [0.2, 0.25) is 5.91 Å². The van der Waals surface area contributed by atoms with Crippen molar-refractivity contribution in [1.29, 1.82) is 0 Å². The standard InChI is InChI=1S/C9H11NO3S2/c1-14-3-2-5-8(9(12)13)10-6(11)4-7(10)15-5/h2,7-8H,3-4H2,1H3,(H,12,13)/b5-2+. The van der Waals surface area contributed by atoms with Crippen LogP contribution in [0.25, 0.3) is 0 Å². The molecule has 0 aromatic rings. The second-order valence-electron chi connectivity index (χ2n) is 3.38. The molecule has 0 aromatic carbocycles. The SMILES string of the molecule is CSC/C=C1/SC2CC(=O)N2C1C(=O)O. The molecule has 1 N–H and O–H groups in total. The molecule has 0 saturated carbocycles. The maximum Gasteiger partial charge on any atom is 0.331 e. The van der Waals surface area contributed by atoms with Crippen LogP contribution in [-0.4, -0.2) is 45.3 Å². The average molecular weight is 245 g/mol. The monoisotopic (exact) mass is 245 g/mol. The summed E-state index contributed by atoms with van der Waals surface area (Å²) in [5.41, 5.74) is 0. The molecule has 0 radical (unpaired) electrons. The highest BCUT2D eigenvalue weighted by molar-refractivity contribution is 8.04. The molecule has 2 rings (SSSR count). The van der Waals surface area contributed by atoms with Crippen LogP contribution in [-0.2, 0) is 9.59 Å². The van der Waals surface area contributed by atoms with Crippen LogP contribution in [0.15, 0.2) is 11.0 Å². The van der Waals surface area contributed by atoms with Crippen molar-refractivity contribution < 1.29 is 14.7 Å². The Morgan fingerprint density at radius 2 is 2.53 bits per heavy atom. The quantitative estimate of drug-likeness (QED) is 0.751. The van der Waals surface area contributed by atoms with Crippen LogP contribution in [0.4, 0.5) is 0 Å². The first-order chi connectivity index (χ1) is 7.15. The first-order valence-electron chi connectivity index (χ1n) is 4.54. The molecule has 0 aliphatic carbocycles. The van der Waals surface area contributed by atoms with E-state index in [2.05, 4.69) is 0 Å². The van der Waals surface area contributed by atoms with E-state index in [4.69, 9.17) is 5.11 Å². The number of carboxylic acid groups (broad SMARTS) is 1. The molecular formula is C9H11NO3S2. The summed E-state index contributed by atoms with van der Waals surface area (Å²) in [5, 5.41) is 9.13. The second kappa shape index (κ2) is 4.09. The largest absolute Gasteiger partial charge is 0.479 e. The highest BCUT2D eigenvalue weighted by atomic mass is 32.2. The van der Waals surface area contributed by atoms with Crippen molar-refractivity contribution in [3.63, 3.8) is 0 Å². The van der Waals surface area contributed by atoms with Gasteiger partial charge in [0.1, 0.15) is 0 Å². The van der Waals surface area contributed by atoms with Crippen LogP contribution in [0.5, 0.6) is 0 Å². The minimum absolute atomic E-state index is 0.0487. The lowest BCUT2D eigenvalue weighted by Gasteiger charge is -2.35. The second-order valence-corrected chi connectivity index (χ2v) is 5.54. The van der Waals surface area contributed by atoms with Gasteiger partial charge in [-0.05, 0) is 6.26 Å². The van der Waals surface area contributed by atoms with Crippen LogP contribution >= 0.6 is 23.5 Å². The Labute approximate surface area is 96.1 Å². The zero-order valence-electron chi connectivity index (χ0n) is 8.17. The average Bonchev–Trinajstić information content (AvgIpc) is 2.47. The van der Waals surface area contributed by atoms with Gasteiger partial charge in [0.15, 0.2) is 6.04 Å². The molecule has 0 aromatic heterocycles. The third kappa shape index (κ3) is 1.76. The smallest absolute Gasteiger partial charge is 0.331 e. The summed E-state index contributed by atoms with van der Waals surface area (Å²) in [6, 6.07) is -0.728. The number of β-lactam (4-membered cyclic amide) rings is 1. The number of rotatable bonds is 3. The highest BCUT2D eigenvalue weighted by Gasteiger charge is 2.52. The van der Waals surface area contributed by atoms with Crippen molar-refractivity contribution in [3.05, 3.63) is 11.0 Å². The first-order valence-corrected chi connectivity index (χ1v) is 6.82. The van der Waals surface area contributed by atoms with Gasteiger partial charge in [-0.25, -0.2) is 4.79 Å². The lowest BCUT2D eigenvalue weighted by Crippen LogP contribution is -2.53. The van der Waals surface area contributed by atoms with Gasteiger partial charge in [-0.2, -0.15) is 11.8 Å². The Kier molecular flexibility index (Phi) is 2.97. The topological polar surface area (TPSA) is 57.6 Å². The van der Waals surface area contributed by atoms with E-state index in [0.29, 0.717) is 6.42 Å². The molecule has 0 spiro atoms. The lowest BCUT2D eigenvalue weighted by atomic mass is 10.1. The van der Waals surface area contributed by atoms with Crippen molar-refractivity contribution >= 4 is 35.4 Å². The van der Waals surface area contributed by atoms with Crippen LogP contribution < -0.4 is 0 Å². The number of carbonyl (C=O) groups excluding carboxylic acids is 1. The molecule has 4 nitrogen and oxygen atoms in total. The third-order valence-electron chi connectivity index (χ3n) is 2.45. The molecule has 2 aliphatic rings. The molecular weight excluding hydrogens is 234 g/mol. The maximum atomic E-state index is 11.3. The number of aliphatic carboxylic acids is 1. The summed E-state index contributed by atoms with van der Waals surface area (Å²) in [5.74, 6) is -0.182. The Morgan fingerprint density at radius 3 is 3.07 bits per heavy atom. The minimum Gasteiger partial charge on any atom is -0.479 e. The van der Waals surface area contributed by atoms with Gasteiger partial charge in [0.05, 0.1) is 11.8 Å². The number of hydrogen-bond acceptors (Lipinski definition) is 4. The predicted octanol–water partition coefficient (Wildman–Crippen LogP) is 0.992. The van der Waals surface area contributed by atoms with Gasteiger partial charge in [-0.15, -0.1) is 11.8 Å². The molecule has 6 heteroatoms. The van der Waals surface area contributed by atoms with E-state index in [9.17, 15) is 9.59 Å². The molecule has 2 fully saturated rings. The fraction of sp³-hybridized carbons (Fsp3) is 0.556. The van der Waals surface area contributed by atoms with E-state index in [1.54, 1.807) is 11.8 Å². The fourth-order valence-corrected chi connectivity index (χ4v) is 3.60. The predicted molar refractivity (Wildman–Crippen MR) is 60.7 cm³/mol. The summed E-state index contributed by atoms with van der Waals surface area (Å²) in [7, 11) is 0. The molecule has 2 heterocycles. The molecule has 2 aliphatic heterocycles. The minimum atomic E-state index is -0.926. The van der Waals surface area contributed by atoms with E-state index in [1.807, 2.05) is 12.3 Å². The van der Waals surface area contributed by atoms with Crippen molar-refractivity contribution in [2.24, 2.45) is 0 Å². The normalized spacial score (nSPS) is 31.7. The zero-order valence-corrected chi connectivity index (χ0v) is 9.81. The van der Waals surface area contributed by atoms with E-state index in [0.717, 1.165) is 10.7 Å². The van der Waals surface area contributed by atoms with Crippen molar-refractivity contribution in [2.75, 3.05) is 12.0 Å². The molecule has 0 bridgehead atoms. The van der Waals surface area contributed by atoms with Gasteiger partial charge < -0.3 is 10.0 Å². The first kappa shape index (κ1) is 10.9. The van der Waals surface area contributed by atoms with Crippen molar-refractivity contribution in [3.8, 4) is 0 Å². The molecule has 15 heavy (non-hydrogen) atoms. The maximum absolute atomic E-state index is 11.3. The van der Waals surface area contributed by atoms with Gasteiger partial charge in [0.25, 0.3) is 0 Å². The molecule has 2 atom stereocenters. The summed E-state index contributed by atoms with van der Waals surface area (Å²) in [6.07, 6.45) is 4.36. The number of fused-ring (bicyclic) bond motifs is 1. The van der Waals surface area contributed by atoms with E-state index in [1.165, 1.54) is 16.7 Å². The number of hydrogen-bond donors (Lipinski definition) is 1. The van der Waals surface area contributed by atoms with Gasteiger partial charge in [0, 0.05) is 10.7 Å². The Hall–Kier alpha value is -0.620. The van der Waals surface area contributed by atoms with Gasteiger partial charge >= 0.3 is 5.97 Å². The van der Waals surface area contributed by atoms with Gasteiger partial charge in [-0.1, -0.05) is 6.08 Å². The highest BCUT2D eigenvalue weighted by Crippen LogP contribution is 2.46. The Bertz CT molecular complexity index is 342. The van der Waals surface area contributed by atoms with Crippen LogP contribution in [0.2, 0.25) is 0 Å². The molecule has 1 amide bonds. The van der Waals surface area contributed by atoms with E-state index in [-0.39, 0.29) is 11.3 Å². The number of thioether (sulfide) groups is 2. The lowest BCUT2D eigenvalue weighted by molar-refractivity contribution is -0.154. The van der Waals surface area contributed by atoms with Crippen molar-refractivity contribution in [1.82, 2.24) is 4.90 Å². The van der Waals surface area contributed by atoms with E-state index >= 15 is 0 Å². The number of amides is 1. The number of carboxylic acids is 1. The fourth-order valence-electron chi connectivity index (χ4n) is 1.73. The molecule has 82 valence electrons. The summed E-state index contributed by atoms with van der Waals surface area (Å²) in [6.45, 7) is 0. The van der Waals surface area contributed by atoms with E-state index < -0.39 is 12.0 Å². The van der Waals surface area contributed by atoms with Crippen molar-refractivity contribution in [2.45, 2.75) is 17.8 Å². The summed E-state index contributed by atoms with van der Waals surface area (Å²) >= 11 is 3.15. The Morgan fingerprint density at radius 1 is 1.80 bits per heavy atom. The number of nitrogens with zero attached hydrogens (tertiary/aromatic N) is 1. The van der Waals surface area contributed by atoms with Gasteiger partial charge in [-0.3, -0.25) is 4.79 Å². The summed E-state index contributed by atoms with van der Waals surface area (Å²) in [4.78, 5) is 24.6. The van der Waals surface area contributed by atoms with Crippen LogP contribution in [0, 0.1) is 0 Å². The van der Waals surface area contributed by atoms with Crippen LogP contribution in [0.1, 0.15) is 6.42 Å². The number of carbonyl (C=O) groups is 2. The Balaban J connectivity index is 2.19. The summed E-state index contributed by atoms with van der Waals surface area (Å²) < 4.78 is 0. The molecule has 2 saturated heterocycles. The third-order valence-corrected chi connectivity index (χ3v) is 4.28. The zero-order chi connectivity index (χ0) is 11.0. The van der Waals surface area contributed by atoms with Crippen LogP contribution in [0.3, 0.4) is 0 Å².